The number of carbonyl (C=O) groups excluding carboxylic acids is 3. The van der Waals surface area contributed by atoms with Crippen LogP contribution in [-0.2, 0) is 15.9 Å². The lowest BCUT2D eigenvalue weighted by Gasteiger charge is -2.07. The van der Waals surface area contributed by atoms with E-state index in [1.807, 2.05) is 54.6 Å². The van der Waals surface area contributed by atoms with E-state index in [0.29, 0.717) is 17.2 Å². The minimum absolute atomic E-state index is 0.0142. The lowest BCUT2D eigenvalue weighted by molar-refractivity contribution is 0.0512. The molecule has 0 aliphatic carbocycles. The highest BCUT2D eigenvalue weighted by atomic mass is 16.5. The van der Waals surface area contributed by atoms with Crippen molar-refractivity contribution in [2.24, 2.45) is 0 Å². The Balaban J connectivity index is 1.59. The van der Waals surface area contributed by atoms with Crippen LogP contribution in [0.15, 0.2) is 54.6 Å². The molecule has 2 amide bonds. The van der Waals surface area contributed by atoms with Gasteiger partial charge in [0.1, 0.15) is 11.6 Å². The van der Waals surface area contributed by atoms with Gasteiger partial charge in [0.05, 0.1) is 13.2 Å². The van der Waals surface area contributed by atoms with Gasteiger partial charge in [-0.3, -0.25) is 10.6 Å². The van der Waals surface area contributed by atoms with Crippen LogP contribution in [0.2, 0.25) is 0 Å². The molecule has 4 aromatic rings. The number of aromatic nitrogens is 4. The van der Waals surface area contributed by atoms with E-state index in [9.17, 15) is 14.4 Å². The highest BCUT2D eigenvalue weighted by molar-refractivity contribution is 6.06. The number of hydrogen-bond acceptors (Lipinski definition) is 7. The van der Waals surface area contributed by atoms with Gasteiger partial charge in [0.2, 0.25) is 0 Å². The Morgan fingerprint density at radius 2 is 1.23 bits per heavy atom. The van der Waals surface area contributed by atoms with Gasteiger partial charge >= 0.3 is 18.0 Å². The topological polar surface area (TPSA) is 151 Å². The standard InChI is InChI=1S/C29H32N6O5/c1-4-7-11-18-14-16-20(17-15-18)24-31-22(28(37)40-6-3)26(33-24)35-29(38)34-25-21(27(36)39-5-2)30-23(32-25)19-12-9-8-10-13-19/h8-10,12-17H,4-7,11H2,1-3H3,(H,30,32)(H,31,33)(H2,34,35,38). The number of aromatic amines is 2. The molecular weight excluding hydrogens is 512 g/mol. The molecule has 0 atom stereocenters. The van der Waals surface area contributed by atoms with Gasteiger partial charge < -0.3 is 19.4 Å². The number of benzene rings is 2. The number of esters is 2. The zero-order chi connectivity index (χ0) is 28.5. The number of unbranched alkanes of at least 4 members (excludes halogenated alkanes) is 1. The maximum atomic E-state index is 13.0. The molecule has 2 heterocycles. The smallest absolute Gasteiger partial charge is 0.358 e. The van der Waals surface area contributed by atoms with Gasteiger partial charge in [-0.1, -0.05) is 67.9 Å². The second kappa shape index (κ2) is 13.2. The molecule has 0 radical (unpaired) electrons. The Labute approximate surface area is 231 Å². The van der Waals surface area contributed by atoms with Gasteiger partial charge in [0.15, 0.2) is 23.0 Å². The number of amides is 2. The molecule has 0 aliphatic rings. The van der Waals surface area contributed by atoms with Crippen LogP contribution in [0.4, 0.5) is 16.4 Å². The highest BCUT2D eigenvalue weighted by Gasteiger charge is 2.24. The number of carbonyl (C=O) groups is 3. The second-order valence-electron chi connectivity index (χ2n) is 8.80. The van der Waals surface area contributed by atoms with Crippen molar-refractivity contribution >= 4 is 29.6 Å². The van der Waals surface area contributed by atoms with Gasteiger partial charge in [-0.05, 0) is 32.3 Å². The Morgan fingerprint density at radius 1 is 0.725 bits per heavy atom. The summed E-state index contributed by atoms with van der Waals surface area (Å²) in [6, 6.07) is 16.2. The quantitative estimate of drug-likeness (QED) is 0.174. The number of nitrogens with zero attached hydrogens (tertiary/aromatic N) is 2. The minimum atomic E-state index is -0.768. The van der Waals surface area contributed by atoms with Crippen molar-refractivity contribution in [1.82, 2.24) is 19.9 Å². The molecule has 0 unspecified atom stereocenters. The number of hydrogen-bond donors (Lipinski definition) is 4. The van der Waals surface area contributed by atoms with Crippen LogP contribution >= 0.6 is 0 Å². The van der Waals surface area contributed by atoms with Crippen molar-refractivity contribution in [2.75, 3.05) is 23.8 Å². The number of nitrogens with one attached hydrogen (secondary N) is 4. The first-order valence-electron chi connectivity index (χ1n) is 13.2. The summed E-state index contributed by atoms with van der Waals surface area (Å²) in [6.45, 7) is 5.79. The van der Waals surface area contributed by atoms with Crippen molar-refractivity contribution < 1.29 is 23.9 Å². The summed E-state index contributed by atoms with van der Waals surface area (Å²) in [5, 5.41) is 5.14. The molecule has 2 aromatic carbocycles. The van der Waals surface area contributed by atoms with Gasteiger partial charge in [-0.2, -0.15) is 0 Å². The Hall–Kier alpha value is -4.93. The largest absolute Gasteiger partial charge is 0.461 e. The predicted octanol–water partition coefficient (Wildman–Crippen LogP) is 5.81. The normalized spacial score (nSPS) is 10.7. The fourth-order valence-electron chi connectivity index (χ4n) is 3.96. The maximum Gasteiger partial charge on any atom is 0.358 e. The fourth-order valence-corrected chi connectivity index (χ4v) is 3.96. The summed E-state index contributed by atoms with van der Waals surface area (Å²) < 4.78 is 10.3. The number of urea groups is 1. The van der Waals surface area contributed by atoms with Gasteiger partial charge in [0.25, 0.3) is 0 Å². The first kappa shape index (κ1) is 28.1. The predicted molar refractivity (Wildman–Crippen MR) is 151 cm³/mol. The third-order valence-electron chi connectivity index (χ3n) is 5.92. The molecule has 40 heavy (non-hydrogen) atoms. The Bertz CT molecular complexity index is 1460. The Morgan fingerprint density at radius 3 is 1.70 bits per heavy atom. The lowest BCUT2D eigenvalue weighted by atomic mass is 10.1. The molecular formula is C29H32N6O5. The summed E-state index contributed by atoms with van der Waals surface area (Å²) in [5.74, 6) is -0.656. The molecule has 0 bridgehead atoms. The number of ether oxygens (including phenoxy) is 2. The van der Waals surface area contributed by atoms with E-state index >= 15 is 0 Å². The van der Waals surface area contributed by atoms with Crippen LogP contribution in [0.25, 0.3) is 22.8 Å². The van der Waals surface area contributed by atoms with Crippen LogP contribution in [0.3, 0.4) is 0 Å². The number of anilines is 2. The number of rotatable bonds is 11. The molecule has 0 aliphatic heterocycles. The zero-order valence-electron chi connectivity index (χ0n) is 22.7. The molecule has 0 fully saturated rings. The number of H-pyrrole nitrogens is 2. The van der Waals surface area contributed by atoms with E-state index in [1.165, 1.54) is 5.56 Å². The monoisotopic (exact) mass is 544 g/mol. The molecule has 4 N–H and O–H groups in total. The van der Waals surface area contributed by atoms with E-state index < -0.39 is 18.0 Å². The van der Waals surface area contributed by atoms with Crippen molar-refractivity contribution in [2.45, 2.75) is 40.0 Å². The summed E-state index contributed by atoms with van der Waals surface area (Å²) in [7, 11) is 0. The van der Waals surface area contributed by atoms with Gasteiger partial charge in [-0.15, -0.1) is 0 Å². The van der Waals surface area contributed by atoms with E-state index in [2.05, 4.69) is 37.5 Å². The van der Waals surface area contributed by atoms with Gasteiger partial charge in [-0.25, -0.2) is 24.4 Å². The van der Waals surface area contributed by atoms with Crippen molar-refractivity contribution in [3.05, 3.63) is 71.5 Å². The van der Waals surface area contributed by atoms with Crippen LogP contribution < -0.4 is 10.6 Å². The van der Waals surface area contributed by atoms with E-state index in [1.54, 1.807) is 13.8 Å². The van der Waals surface area contributed by atoms with Crippen molar-refractivity contribution in [3.63, 3.8) is 0 Å². The summed E-state index contributed by atoms with van der Waals surface area (Å²) in [5.41, 5.74) is 2.62. The minimum Gasteiger partial charge on any atom is -0.461 e. The van der Waals surface area contributed by atoms with Crippen LogP contribution in [0.1, 0.15) is 60.2 Å². The molecule has 11 heteroatoms. The first-order chi connectivity index (χ1) is 19.4. The Kier molecular flexibility index (Phi) is 9.29. The fraction of sp³-hybridized carbons (Fsp3) is 0.276. The van der Waals surface area contributed by atoms with Crippen molar-refractivity contribution in [3.8, 4) is 22.8 Å². The third kappa shape index (κ3) is 6.73. The summed E-state index contributed by atoms with van der Waals surface area (Å²) in [4.78, 5) is 53.0. The molecule has 11 nitrogen and oxygen atoms in total. The number of imidazole rings is 2. The molecule has 2 aromatic heterocycles. The average Bonchev–Trinajstić information content (AvgIpc) is 3.57. The SMILES string of the molecule is CCCCc1ccc(-c2nc(NC(=O)Nc3nc(-c4ccccc4)[nH]c3C(=O)OCC)c(C(=O)OCC)[nH]2)cc1. The van der Waals surface area contributed by atoms with Crippen LogP contribution in [0.5, 0.6) is 0 Å². The highest BCUT2D eigenvalue weighted by Crippen LogP contribution is 2.25. The van der Waals surface area contributed by atoms with E-state index in [0.717, 1.165) is 24.8 Å². The van der Waals surface area contributed by atoms with Crippen LogP contribution in [-0.4, -0.2) is 51.1 Å². The molecule has 4 rings (SSSR count). The third-order valence-corrected chi connectivity index (χ3v) is 5.92. The second-order valence-corrected chi connectivity index (χ2v) is 8.80. The maximum absolute atomic E-state index is 13.0. The summed E-state index contributed by atoms with van der Waals surface area (Å²) in [6.07, 6.45) is 3.17. The van der Waals surface area contributed by atoms with E-state index in [-0.39, 0.29) is 36.2 Å². The molecule has 208 valence electrons. The van der Waals surface area contributed by atoms with Gasteiger partial charge in [0, 0.05) is 11.1 Å². The molecule has 0 saturated carbocycles. The number of aryl methyl sites for hydroxylation is 1. The van der Waals surface area contributed by atoms with E-state index in [4.69, 9.17) is 9.47 Å². The average molecular weight is 545 g/mol. The lowest BCUT2D eigenvalue weighted by Crippen LogP contribution is -2.23. The molecule has 0 saturated heterocycles. The zero-order valence-corrected chi connectivity index (χ0v) is 22.7. The molecule has 0 spiro atoms. The first-order valence-corrected chi connectivity index (χ1v) is 13.2. The van der Waals surface area contributed by atoms with Crippen molar-refractivity contribution in [1.29, 1.82) is 0 Å². The van der Waals surface area contributed by atoms with Crippen LogP contribution in [0, 0.1) is 0 Å². The summed E-state index contributed by atoms with van der Waals surface area (Å²) >= 11 is 0.